The SMILES string of the molecule is Cc1cc(-c2cc(C(=O)Nc3ccc(Cl)cc3Cl)c3c(C)noc3n2)c(C)o1. The van der Waals surface area contributed by atoms with E-state index in [1.165, 1.54) is 0 Å². The molecule has 0 radical (unpaired) electrons. The van der Waals surface area contributed by atoms with Crippen molar-refractivity contribution in [2.24, 2.45) is 0 Å². The molecule has 0 atom stereocenters. The molecule has 4 aromatic rings. The maximum atomic E-state index is 13.1. The molecular formula is C20H15Cl2N3O3. The molecule has 0 spiro atoms. The summed E-state index contributed by atoms with van der Waals surface area (Å²) in [6.45, 7) is 5.45. The number of aryl methyl sites for hydroxylation is 3. The second kappa shape index (κ2) is 6.96. The fourth-order valence-electron chi connectivity index (χ4n) is 3.08. The number of nitrogens with one attached hydrogen (secondary N) is 1. The molecule has 0 bridgehead atoms. The molecule has 1 aromatic carbocycles. The molecule has 6 nitrogen and oxygen atoms in total. The molecule has 0 aliphatic rings. The number of fused-ring (bicyclic) bond motifs is 1. The third-order valence-electron chi connectivity index (χ3n) is 4.36. The highest BCUT2D eigenvalue weighted by atomic mass is 35.5. The van der Waals surface area contributed by atoms with Gasteiger partial charge in [-0.15, -0.1) is 0 Å². The monoisotopic (exact) mass is 415 g/mol. The smallest absolute Gasteiger partial charge is 0.259 e. The number of carbonyl (C=O) groups is 1. The Balaban J connectivity index is 1.83. The quantitative estimate of drug-likeness (QED) is 0.445. The zero-order valence-corrected chi connectivity index (χ0v) is 16.8. The first kappa shape index (κ1) is 18.5. The van der Waals surface area contributed by atoms with Crippen molar-refractivity contribution >= 4 is 45.9 Å². The summed E-state index contributed by atoms with van der Waals surface area (Å²) in [6.07, 6.45) is 0. The topological polar surface area (TPSA) is 81.2 Å². The van der Waals surface area contributed by atoms with Gasteiger partial charge in [-0.2, -0.15) is 0 Å². The first-order valence-electron chi connectivity index (χ1n) is 8.44. The molecular weight excluding hydrogens is 401 g/mol. The summed E-state index contributed by atoms with van der Waals surface area (Å²) in [5, 5.41) is 8.14. The molecule has 142 valence electrons. The Kier molecular flexibility index (Phi) is 4.61. The predicted molar refractivity (Wildman–Crippen MR) is 108 cm³/mol. The number of hydrogen-bond donors (Lipinski definition) is 1. The fourth-order valence-corrected chi connectivity index (χ4v) is 3.53. The molecule has 0 aliphatic carbocycles. The van der Waals surface area contributed by atoms with Gasteiger partial charge in [0.1, 0.15) is 11.5 Å². The highest BCUT2D eigenvalue weighted by Crippen LogP contribution is 2.32. The van der Waals surface area contributed by atoms with Gasteiger partial charge in [-0.05, 0) is 51.1 Å². The van der Waals surface area contributed by atoms with Gasteiger partial charge in [0.05, 0.1) is 33.0 Å². The second-order valence-electron chi connectivity index (χ2n) is 6.41. The summed E-state index contributed by atoms with van der Waals surface area (Å²) in [5.41, 5.74) is 3.02. The predicted octanol–water partition coefficient (Wildman–Crippen LogP) is 5.97. The van der Waals surface area contributed by atoms with Gasteiger partial charge in [-0.1, -0.05) is 28.4 Å². The maximum absolute atomic E-state index is 13.1. The van der Waals surface area contributed by atoms with Crippen LogP contribution in [0.5, 0.6) is 0 Å². The fraction of sp³-hybridized carbons (Fsp3) is 0.150. The second-order valence-corrected chi connectivity index (χ2v) is 7.25. The molecule has 1 amide bonds. The first-order chi connectivity index (χ1) is 13.3. The van der Waals surface area contributed by atoms with Crippen LogP contribution in [0.15, 0.2) is 39.3 Å². The minimum atomic E-state index is -0.359. The number of halogens is 2. The summed E-state index contributed by atoms with van der Waals surface area (Å²) in [7, 11) is 0. The number of aromatic nitrogens is 2. The van der Waals surface area contributed by atoms with E-state index in [2.05, 4.69) is 15.5 Å². The van der Waals surface area contributed by atoms with Gasteiger partial charge in [0.15, 0.2) is 0 Å². The van der Waals surface area contributed by atoms with Crippen molar-refractivity contribution in [2.45, 2.75) is 20.8 Å². The number of rotatable bonds is 3. The van der Waals surface area contributed by atoms with Crippen LogP contribution >= 0.6 is 23.2 Å². The Bertz CT molecular complexity index is 1230. The van der Waals surface area contributed by atoms with Crippen molar-refractivity contribution in [3.8, 4) is 11.3 Å². The van der Waals surface area contributed by atoms with E-state index in [0.717, 1.165) is 11.3 Å². The molecule has 0 fully saturated rings. The Labute approximate surface area is 170 Å². The molecule has 0 aliphatic heterocycles. The number of pyridine rings is 1. The lowest BCUT2D eigenvalue weighted by atomic mass is 10.1. The van der Waals surface area contributed by atoms with E-state index in [1.807, 2.05) is 19.9 Å². The number of amides is 1. The van der Waals surface area contributed by atoms with Crippen LogP contribution in [0.4, 0.5) is 5.69 Å². The number of carbonyl (C=O) groups excluding carboxylic acids is 1. The van der Waals surface area contributed by atoms with Crippen LogP contribution in [0.2, 0.25) is 10.0 Å². The van der Waals surface area contributed by atoms with E-state index in [-0.39, 0.29) is 11.6 Å². The van der Waals surface area contributed by atoms with Gasteiger partial charge in [-0.25, -0.2) is 4.98 Å². The maximum Gasteiger partial charge on any atom is 0.259 e. The van der Waals surface area contributed by atoms with Crippen molar-refractivity contribution in [3.63, 3.8) is 0 Å². The van der Waals surface area contributed by atoms with Crippen molar-refractivity contribution < 1.29 is 13.7 Å². The third-order valence-corrected chi connectivity index (χ3v) is 4.91. The Morgan fingerprint density at radius 2 is 1.89 bits per heavy atom. The zero-order valence-electron chi connectivity index (χ0n) is 15.3. The lowest BCUT2D eigenvalue weighted by Crippen LogP contribution is -2.13. The molecule has 4 rings (SSSR count). The van der Waals surface area contributed by atoms with E-state index in [9.17, 15) is 4.79 Å². The first-order valence-corrected chi connectivity index (χ1v) is 9.20. The summed E-state index contributed by atoms with van der Waals surface area (Å²) in [5.74, 6) is 1.09. The number of anilines is 1. The standard InChI is InChI=1S/C20H15Cl2N3O3/c1-9-6-13(11(3)27-9)17-8-14(18-10(2)25-28-20(18)24-17)19(26)23-16-5-4-12(21)7-15(16)22/h4-8H,1-3H3,(H,23,26). The van der Waals surface area contributed by atoms with Crippen molar-refractivity contribution in [2.75, 3.05) is 5.32 Å². The summed E-state index contributed by atoms with van der Waals surface area (Å²) >= 11 is 12.1. The van der Waals surface area contributed by atoms with Gasteiger partial charge >= 0.3 is 0 Å². The van der Waals surface area contributed by atoms with Gasteiger partial charge in [-0.3, -0.25) is 4.79 Å². The van der Waals surface area contributed by atoms with Crippen molar-refractivity contribution in [3.05, 3.63) is 63.2 Å². The highest BCUT2D eigenvalue weighted by molar-refractivity contribution is 6.37. The highest BCUT2D eigenvalue weighted by Gasteiger charge is 2.21. The van der Waals surface area contributed by atoms with Crippen molar-refractivity contribution in [1.29, 1.82) is 0 Å². The van der Waals surface area contributed by atoms with Gasteiger partial charge in [0, 0.05) is 10.6 Å². The van der Waals surface area contributed by atoms with Crippen LogP contribution in [-0.2, 0) is 0 Å². The molecule has 28 heavy (non-hydrogen) atoms. The van der Waals surface area contributed by atoms with E-state index >= 15 is 0 Å². The van der Waals surface area contributed by atoms with Crippen LogP contribution in [0, 0.1) is 20.8 Å². The minimum Gasteiger partial charge on any atom is -0.466 e. The average Bonchev–Trinajstić information content (AvgIpc) is 3.18. The Hall–Kier alpha value is -2.83. The van der Waals surface area contributed by atoms with E-state index in [1.54, 1.807) is 31.2 Å². The summed E-state index contributed by atoms with van der Waals surface area (Å²) < 4.78 is 10.9. The van der Waals surface area contributed by atoms with Crippen LogP contribution in [-0.4, -0.2) is 16.0 Å². The Morgan fingerprint density at radius 1 is 1.11 bits per heavy atom. The molecule has 0 saturated heterocycles. The Morgan fingerprint density at radius 3 is 2.57 bits per heavy atom. The summed E-state index contributed by atoms with van der Waals surface area (Å²) in [4.78, 5) is 17.6. The summed E-state index contributed by atoms with van der Waals surface area (Å²) in [6, 6.07) is 8.42. The van der Waals surface area contributed by atoms with Crippen LogP contribution in [0.1, 0.15) is 27.6 Å². The van der Waals surface area contributed by atoms with Crippen molar-refractivity contribution in [1.82, 2.24) is 10.1 Å². The normalized spacial score (nSPS) is 11.2. The molecule has 8 heteroatoms. The van der Waals surface area contributed by atoms with Gasteiger partial charge in [0.25, 0.3) is 11.6 Å². The zero-order chi connectivity index (χ0) is 20.0. The van der Waals surface area contributed by atoms with Crippen LogP contribution in [0.3, 0.4) is 0 Å². The van der Waals surface area contributed by atoms with E-state index < -0.39 is 0 Å². The van der Waals surface area contributed by atoms with Crippen LogP contribution < -0.4 is 5.32 Å². The minimum absolute atomic E-state index is 0.278. The number of nitrogens with zero attached hydrogens (tertiary/aromatic N) is 2. The lowest BCUT2D eigenvalue weighted by molar-refractivity contribution is 0.102. The van der Waals surface area contributed by atoms with E-state index in [0.29, 0.717) is 43.8 Å². The van der Waals surface area contributed by atoms with Crippen LogP contribution in [0.25, 0.3) is 22.4 Å². The number of hydrogen-bond acceptors (Lipinski definition) is 5. The van der Waals surface area contributed by atoms with Gasteiger partial charge in [0.2, 0.25) is 0 Å². The third kappa shape index (κ3) is 3.25. The lowest BCUT2D eigenvalue weighted by Gasteiger charge is -2.09. The molecule has 3 aromatic heterocycles. The molecule has 3 heterocycles. The van der Waals surface area contributed by atoms with Gasteiger partial charge < -0.3 is 14.3 Å². The largest absolute Gasteiger partial charge is 0.466 e. The molecule has 0 saturated carbocycles. The van der Waals surface area contributed by atoms with E-state index in [4.69, 9.17) is 32.1 Å². The molecule has 0 unspecified atom stereocenters. The molecule has 1 N–H and O–H groups in total. The number of benzene rings is 1. The number of furan rings is 1. The average molecular weight is 416 g/mol.